The molecule has 0 spiro atoms. The summed E-state index contributed by atoms with van der Waals surface area (Å²) in [6.45, 7) is 3.02. The van der Waals surface area contributed by atoms with Crippen molar-refractivity contribution in [1.29, 1.82) is 0 Å². The van der Waals surface area contributed by atoms with Gasteiger partial charge in [0.25, 0.3) is 0 Å². The van der Waals surface area contributed by atoms with Crippen molar-refractivity contribution >= 4 is 11.9 Å². The number of carboxylic acids is 1. The molecular formula is C12H20N2O4. The molecule has 0 unspecified atom stereocenters. The van der Waals surface area contributed by atoms with E-state index in [1.165, 1.54) is 0 Å². The third-order valence-corrected chi connectivity index (χ3v) is 3.57. The van der Waals surface area contributed by atoms with Gasteiger partial charge in [-0.3, -0.25) is 4.79 Å². The number of carboxylic acid groups (broad SMARTS) is 1. The van der Waals surface area contributed by atoms with E-state index in [1.54, 1.807) is 0 Å². The minimum Gasteiger partial charge on any atom is -0.480 e. The highest BCUT2D eigenvalue weighted by Crippen LogP contribution is 2.17. The molecule has 2 rings (SSSR count). The summed E-state index contributed by atoms with van der Waals surface area (Å²) in [5.74, 6) is -0.220. The van der Waals surface area contributed by atoms with Gasteiger partial charge in [0, 0.05) is 19.5 Å². The van der Waals surface area contributed by atoms with Crippen LogP contribution in [-0.2, 0) is 14.3 Å². The number of carbonyl (C=O) groups is 2. The van der Waals surface area contributed by atoms with E-state index in [1.807, 2.05) is 4.90 Å². The predicted octanol–water partition coefficient (Wildman–Crippen LogP) is -0.312. The van der Waals surface area contributed by atoms with E-state index >= 15 is 0 Å². The fourth-order valence-corrected chi connectivity index (χ4v) is 2.33. The lowest BCUT2D eigenvalue weighted by atomic mass is 9.97. The number of amides is 1. The second kappa shape index (κ2) is 6.15. The van der Waals surface area contributed by atoms with Crippen molar-refractivity contribution in [3.05, 3.63) is 0 Å². The van der Waals surface area contributed by atoms with Crippen LogP contribution in [0.5, 0.6) is 0 Å². The van der Waals surface area contributed by atoms with Gasteiger partial charge < -0.3 is 20.1 Å². The quantitative estimate of drug-likeness (QED) is 0.705. The van der Waals surface area contributed by atoms with Crippen LogP contribution in [0.2, 0.25) is 0 Å². The third-order valence-electron chi connectivity index (χ3n) is 3.57. The second-order valence-corrected chi connectivity index (χ2v) is 5.01. The van der Waals surface area contributed by atoms with Gasteiger partial charge in [-0.05, 0) is 31.8 Å². The van der Waals surface area contributed by atoms with Gasteiger partial charge in [0.2, 0.25) is 5.91 Å². The highest BCUT2D eigenvalue weighted by atomic mass is 16.5. The van der Waals surface area contributed by atoms with Gasteiger partial charge in [-0.2, -0.15) is 0 Å². The van der Waals surface area contributed by atoms with Crippen LogP contribution in [0, 0.1) is 5.92 Å². The number of rotatable bonds is 5. The number of nitrogens with zero attached hydrogens (tertiary/aromatic N) is 1. The first-order valence-electron chi connectivity index (χ1n) is 6.47. The number of hydrogen-bond acceptors (Lipinski definition) is 4. The number of piperidine rings is 1. The molecule has 0 saturated carbocycles. The third kappa shape index (κ3) is 3.68. The Morgan fingerprint density at radius 2 is 1.94 bits per heavy atom. The summed E-state index contributed by atoms with van der Waals surface area (Å²) in [6.07, 6.45) is 2.09. The standard InChI is InChI=1S/C12H20N2O4/c15-11(5-9-6-13-7-9)14-3-1-10(2-4-14)18-8-12(16)17/h9-10,13H,1-8H2,(H,16,17). The first kappa shape index (κ1) is 13.3. The van der Waals surface area contributed by atoms with Gasteiger partial charge >= 0.3 is 5.97 Å². The summed E-state index contributed by atoms with van der Waals surface area (Å²) < 4.78 is 5.24. The van der Waals surface area contributed by atoms with Gasteiger partial charge in [0.05, 0.1) is 6.10 Å². The topological polar surface area (TPSA) is 78.9 Å². The number of ether oxygens (including phenoxy) is 1. The van der Waals surface area contributed by atoms with Crippen molar-refractivity contribution in [2.75, 3.05) is 32.8 Å². The Hall–Kier alpha value is -1.14. The maximum atomic E-state index is 11.9. The largest absolute Gasteiger partial charge is 0.480 e. The summed E-state index contributed by atoms with van der Waals surface area (Å²) in [6, 6.07) is 0. The monoisotopic (exact) mass is 256 g/mol. The van der Waals surface area contributed by atoms with Crippen LogP contribution < -0.4 is 5.32 Å². The van der Waals surface area contributed by atoms with E-state index in [9.17, 15) is 9.59 Å². The first-order valence-corrected chi connectivity index (χ1v) is 6.47. The Balaban J connectivity index is 1.65. The van der Waals surface area contributed by atoms with E-state index < -0.39 is 5.97 Å². The first-order chi connectivity index (χ1) is 8.65. The smallest absolute Gasteiger partial charge is 0.329 e. The zero-order chi connectivity index (χ0) is 13.0. The number of carbonyl (C=O) groups excluding carboxylic acids is 1. The van der Waals surface area contributed by atoms with E-state index in [0.29, 0.717) is 25.4 Å². The lowest BCUT2D eigenvalue weighted by molar-refractivity contribution is -0.147. The van der Waals surface area contributed by atoms with E-state index in [2.05, 4.69) is 5.32 Å². The number of likely N-dealkylation sites (tertiary alicyclic amines) is 1. The zero-order valence-electron chi connectivity index (χ0n) is 10.4. The lowest BCUT2D eigenvalue weighted by Crippen LogP contribution is -2.47. The van der Waals surface area contributed by atoms with Crippen molar-refractivity contribution in [2.45, 2.75) is 25.4 Å². The minimum atomic E-state index is -0.939. The highest BCUT2D eigenvalue weighted by molar-refractivity contribution is 5.76. The van der Waals surface area contributed by atoms with Gasteiger partial charge in [-0.15, -0.1) is 0 Å². The van der Waals surface area contributed by atoms with Gasteiger partial charge in [0.1, 0.15) is 6.61 Å². The molecule has 6 heteroatoms. The van der Waals surface area contributed by atoms with E-state index in [0.717, 1.165) is 25.9 Å². The Bertz CT molecular complexity index is 309. The van der Waals surface area contributed by atoms with Crippen molar-refractivity contribution in [3.63, 3.8) is 0 Å². The molecule has 2 aliphatic heterocycles. The van der Waals surface area contributed by atoms with E-state index in [-0.39, 0.29) is 18.6 Å². The van der Waals surface area contributed by atoms with Crippen molar-refractivity contribution in [1.82, 2.24) is 10.2 Å². The Kier molecular flexibility index (Phi) is 4.54. The molecule has 18 heavy (non-hydrogen) atoms. The fraction of sp³-hybridized carbons (Fsp3) is 0.833. The molecule has 0 atom stereocenters. The summed E-state index contributed by atoms with van der Waals surface area (Å²) in [4.78, 5) is 24.2. The Morgan fingerprint density at radius 1 is 1.28 bits per heavy atom. The molecule has 0 aromatic heterocycles. The molecule has 2 fully saturated rings. The maximum Gasteiger partial charge on any atom is 0.329 e. The summed E-state index contributed by atoms with van der Waals surface area (Å²) >= 11 is 0. The van der Waals surface area contributed by atoms with Crippen LogP contribution in [0.1, 0.15) is 19.3 Å². The maximum absolute atomic E-state index is 11.9. The normalized spacial score (nSPS) is 21.7. The molecule has 0 bridgehead atoms. The number of nitrogens with one attached hydrogen (secondary N) is 1. The zero-order valence-corrected chi connectivity index (χ0v) is 10.4. The second-order valence-electron chi connectivity index (χ2n) is 5.01. The molecule has 1 amide bonds. The molecule has 102 valence electrons. The fourth-order valence-electron chi connectivity index (χ4n) is 2.33. The molecule has 2 saturated heterocycles. The molecule has 0 aromatic rings. The Morgan fingerprint density at radius 3 is 2.44 bits per heavy atom. The molecule has 0 aromatic carbocycles. The number of hydrogen-bond donors (Lipinski definition) is 2. The van der Waals surface area contributed by atoms with Crippen molar-refractivity contribution in [3.8, 4) is 0 Å². The van der Waals surface area contributed by atoms with Crippen LogP contribution in [-0.4, -0.2) is 60.8 Å². The number of aliphatic carboxylic acids is 1. The van der Waals surface area contributed by atoms with Gasteiger partial charge in [-0.1, -0.05) is 0 Å². The van der Waals surface area contributed by atoms with Crippen LogP contribution in [0.3, 0.4) is 0 Å². The van der Waals surface area contributed by atoms with Crippen LogP contribution >= 0.6 is 0 Å². The molecule has 0 radical (unpaired) electrons. The molecule has 0 aliphatic carbocycles. The lowest BCUT2D eigenvalue weighted by Gasteiger charge is -2.34. The highest BCUT2D eigenvalue weighted by Gasteiger charge is 2.27. The van der Waals surface area contributed by atoms with E-state index in [4.69, 9.17) is 9.84 Å². The Labute approximate surface area is 106 Å². The molecule has 6 nitrogen and oxygen atoms in total. The summed E-state index contributed by atoms with van der Waals surface area (Å²) in [7, 11) is 0. The van der Waals surface area contributed by atoms with Crippen LogP contribution in [0.4, 0.5) is 0 Å². The van der Waals surface area contributed by atoms with Gasteiger partial charge in [0.15, 0.2) is 0 Å². The predicted molar refractivity (Wildman–Crippen MR) is 64.2 cm³/mol. The minimum absolute atomic E-state index is 0.0180. The molecule has 2 N–H and O–H groups in total. The van der Waals surface area contributed by atoms with Crippen molar-refractivity contribution in [2.24, 2.45) is 5.92 Å². The molecule has 2 heterocycles. The molecular weight excluding hydrogens is 236 g/mol. The van der Waals surface area contributed by atoms with Gasteiger partial charge in [-0.25, -0.2) is 4.79 Å². The van der Waals surface area contributed by atoms with Crippen LogP contribution in [0.15, 0.2) is 0 Å². The van der Waals surface area contributed by atoms with Crippen LogP contribution in [0.25, 0.3) is 0 Å². The SMILES string of the molecule is O=C(O)COC1CCN(C(=O)CC2CNC2)CC1. The average molecular weight is 256 g/mol. The van der Waals surface area contributed by atoms with Crippen molar-refractivity contribution < 1.29 is 19.4 Å². The average Bonchev–Trinajstić information content (AvgIpc) is 2.31. The summed E-state index contributed by atoms with van der Waals surface area (Å²) in [5, 5.41) is 11.7. The summed E-state index contributed by atoms with van der Waals surface area (Å²) in [5.41, 5.74) is 0. The molecule has 2 aliphatic rings.